The molecule has 0 saturated carbocycles. The van der Waals surface area contributed by atoms with E-state index in [0.717, 1.165) is 17.5 Å². The minimum absolute atomic E-state index is 0.0246. The first-order valence-electron chi connectivity index (χ1n) is 9.83. The van der Waals surface area contributed by atoms with E-state index in [1.807, 2.05) is 28.8 Å². The zero-order valence-electron chi connectivity index (χ0n) is 16.7. The molecule has 0 spiro atoms. The topological polar surface area (TPSA) is 106 Å². The predicted molar refractivity (Wildman–Crippen MR) is 116 cm³/mol. The summed E-state index contributed by atoms with van der Waals surface area (Å²) >= 11 is 0. The van der Waals surface area contributed by atoms with Gasteiger partial charge in [-0.2, -0.15) is 0 Å². The maximum atomic E-state index is 12.5. The Hall–Kier alpha value is -3.43. The lowest BCUT2D eigenvalue weighted by Crippen LogP contribution is -2.26. The standard InChI is InChI=1S/C22H22N4O4S/c27-22(23-11-5-12-26-16-24-20-9-1-2-10-21(20)26)17-6-3-8-19(14-17)31(28,29)25-15-18-7-4-13-30-18/h1-4,6-10,13-14,16,25H,5,11-12,15H2,(H,23,27). The molecule has 0 bridgehead atoms. The van der Waals surface area contributed by atoms with Gasteiger partial charge in [-0.25, -0.2) is 18.1 Å². The number of amides is 1. The lowest BCUT2D eigenvalue weighted by molar-refractivity contribution is 0.0952. The summed E-state index contributed by atoms with van der Waals surface area (Å²) in [5.74, 6) is 0.182. The molecule has 9 heteroatoms. The van der Waals surface area contributed by atoms with E-state index in [2.05, 4.69) is 15.0 Å². The van der Waals surface area contributed by atoms with Crippen LogP contribution < -0.4 is 10.0 Å². The Bertz CT molecular complexity index is 1280. The molecule has 31 heavy (non-hydrogen) atoms. The van der Waals surface area contributed by atoms with Gasteiger partial charge >= 0.3 is 0 Å². The van der Waals surface area contributed by atoms with E-state index in [1.54, 1.807) is 30.6 Å². The number of hydrogen-bond donors (Lipinski definition) is 2. The van der Waals surface area contributed by atoms with E-state index >= 15 is 0 Å². The first kappa shape index (κ1) is 20.8. The van der Waals surface area contributed by atoms with Crippen LogP contribution in [0.4, 0.5) is 0 Å². The molecule has 2 aromatic heterocycles. The highest BCUT2D eigenvalue weighted by molar-refractivity contribution is 7.89. The van der Waals surface area contributed by atoms with Gasteiger partial charge in [-0.1, -0.05) is 18.2 Å². The number of rotatable bonds is 9. The number of carbonyl (C=O) groups is 1. The maximum absolute atomic E-state index is 12.5. The highest BCUT2D eigenvalue weighted by atomic mass is 32.2. The van der Waals surface area contributed by atoms with Crippen molar-refractivity contribution in [1.29, 1.82) is 0 Å². The molecule has 2 heterocycles. The summed E-state index contributed by atoms with van der Waals surface area (Å²) in [6, 6.07) is 17.2. The number of nitrogens with one attached hydrogen (secondary N) is 2. The van der Waals surface area contributed by atoms with Gasteiger partial charge in [-0.3, -0.25) is 4.79 Å². The van der Waals surface area contributed by atoms with Crippen LogP contribution in [0.3, 0.4) is 0 Å². The molecule has 0 fully saturated rings. The average Bonchev–Trinajstić information content (AvgIpc) is 3.45. The van der Waals surface area contributed by atoms with Crippen molar-refractivity contribution in [3.05, 3.63) is 84.6 Å². The number of furan rings is 1. The summed E-state index contributed by atoms with van der Waals surface area (Å²) in [7, 11) is -3.77. The second-order valence-corrected chi connectivity index (χ2v) is 8.73. The lowest BCUT2D eigenvalue weighted by atomic mass is 10.2. The van der Waals surface area contributed by atoms with Gasteiger partial charge in [0.2, 0.25) is 10.0 Å². The van der Waals surface area contributed by atoms with E-state index in [-0.39, 0.29) is 22.9 Å². The van der Waals surface area contributed by atoms with Crippen LogP contribution in [-0.2, 0) is 23.1 Å². The Labute approximate surface area is 180 Å². The number of hydrogen-bond acceptors (Lipinski definition) is 5. The molecule has 2 aromatic carbocycles. The van der Waals surface area contributed by atoms with Gasteiger partial charge in [0.25, 0.3) is 5.91 Å². The lowest BCUT2D eigenvalue weighted by Gasteiger charge is -2.09. The third-order valence-corrected chi connectivity index (χ3v) is 6.21. The zero-order chi connectivity index (χ0) is 21.7. The number of benzene rings is 2. The molecule has 1 amide bonds. The molecule has 0 aliphatic carbocycles. The van der Waals surface area contributed by atoms with Crippen LogP contribution in [0.1, 0.15) is 22.5 Å². The van der Waals surface area contributed by atoms with Crippen molar-refractivity contribution in [1.82, 2.24) is 19.6 Å². The quantitative estimate of drug-likeness (QED) is 0.391. The molecular formula is C22H22N4O4S. The van der Waals surface area contributed by atoms with Gasteiger partial charge in [-0.15, -0.1) is 0 Å². The van der Waals surface area contributed by atoms with E-state index in [9.17, 15) is 13.2 Å². The van der Waals surface area contributed by atoms with E-state index < -0.39 is 10.0 Å². The summed E-state index contributed by atoms with van der Waals surface area (Å²) in [4.78, 5) is 16.9. The van der Waals surface area contributed by atoms with Gasteiger partial charge < -0.3 is 14.3 Å². The van der Waals surface area contributed by atoms with Crippen LogP contribution in [0.5, 0.6) is 0 Å². The average molecular weight is 439 g/mol. The largest absolute Gasteiger partial charge is 0.468 e. The van der Waals surface area contributed by atoms with Crippen molar-refractivity contribution in [3.8, 4) is 0 Å². The van der Waals surface area contributed by atoms with Crippen LogP contribution in [0.25, 0.3) is 11.0 Å². The Morgan fingerprint density at radius 1 is 1.06 bits per heavy atom. The number of nitrogens with zero attached hydrogens (tertiary/aromatic N) is 2. The molecule has 2 N–H and O–H groups in total. The Kier molecular flexibility index (Phi) is 6.15. The fraction of sp³-hybridized carbons (Fsp3) is 0.182. The van der Waals surface area contributed by atoms with Gasteiger partial charge in [0.05, 0.1) is 35.1 Å². The zero-order valence-corrected chi connectivity index (χ0v) is 17.5. The molecular weight excluding hydrogens is 416 g/mol. The summed E-state index contributed by atoms with van der Waals surface area (Å²) < 4.78 is 34.7. The number of aromatic nitrogens is 2. The number of sulfonamides is 1. The smallest absolute Gasteiger partial charge is 0.251 e. The van der Waals surface area contributed by atoms with Crippen LogP contribution in [0.15, 0.2) is 82.6 Å². The summed E-state index contributed by atoms with van der Waals surface area (Å²) in [5.41, 5.74) is 2.27. The highest BCUT2D eigenvalue weighted by Crippen LogP contribution is 2.14. The van der Waals surface area contributed by atoms with Crippen LogP contribution in [0, 0.1) is 0 Å². The summed E-state index contributed by atoms with van der Waals surface area (Å²) in [6.07, 6.45) is 3.98. The normalized spacial score (nSPS) is 11.6. The van der Waals surface area contributed by atoms with Gasteiger partial charge in [0.15, 0.2) is 0 Å². The third-order valence-electron chi connectivity index (χ3n) is 4.81. The Morgan fingerprint density at radius 3 is 2.77 bits per heavy atom. The van der Waals surface area contributed by atoms with Gasteiger partial charge in [0, 0.05) is 18.7 Å². The molecule has 8 nitrogen and oxygen atoms in total. The van der Waals surface area contributed by atoms with Crippen molar-refractivity contribution in [2.75, 3.05) is 6.54 Å². The van der Waals surface area contributed by atoms with Crippen molar-refractivity contribution in [2.45, 2.75) is 24.4 Å². The Balaban J connectivity index is 1.32. The van der Waals surface area contributed by atoms with E-state index in [4.69, 9.17) is 4.42 Å². The molecule has 4 aromatic rings. The fourth-order valence-electron chi connectivity index (χ4n) is 3.21. The first-order chi connectivity index (χ1) is 15.0. The molecule has 0 aliphatic rings. The monoisotopic (exact) mass is 438 g/mol. The SMILES string of the molecule is O=C(NCCCn1cnc2ccccc21)c1cccc(S(=O)(=O)NCc2ccco2)c1. The fourth-order valence-corrected chi connectivity index (χ4v) is 4.25. The number of imidazole rings is 1. The second kappa shape index (κ2) is 9.15. The molecule has 0 saturated heterocycles. The number of para-hydroxylation sites is 2. The Morgan fingerprint density at radius 2 is 1.94 bits per heavy atom. The summed E-state index contributed by atoms with van der Waals surface area (Å²) in [6.45, 7) is 1.21. The van der Waals surface area contributed by atoms with Crippen molar-refractivity contribution >= 4 is 27.0 Å². The number of aryl methyl sites for hydroxylation is 1. The molecule has 0 radical (unpaired) electrons. The molecule has 0 aliphatic heterocycles. The number of carbonyl (C=O) groups excluding carboxylic acids is 1. The highest BCUT2D eigenvalue weighted by Gasteiger charge is 2.16. The minimum atomic E-state index is -3.77. The van der Waals surface area contributed by atoms with E-state index in [0.29, 0.717) is 18.8 Å². The van der Waals surface area contributed by atoms with Crippen molar-refractivity contribution < 1.29 is 17.6 Å². The molecule has 0 unspecified atom stereocenters. The van der Waals surface area contributed by atoms with Crippen LogP contribution >= 0.6 is 0 Å². The second-order valence-electron chi connectivity index (χ2n) is 6.97. The van der Waals surface area contributed by atoms with Crippen LogP contribution in [0.2, 0.25) is 0 Å². The molecule has 160 valence electrons. The van der Waals surface area contributed by atoms with Gasteiger partial charge in [0.1, 0.15) is 5.76 Å². The predicted octanol–water partition coefficient (Wildman–Crippen LogP) is 2.93. The van der Waals surface area contributed by atoms with Gasteiger partial charge in [-0.05, 0) is 48.9 Å². The maximum Gasteiger partial charge on any atom is 0.251 e. The molecule has 0 atom stereocenters. The van der Waals surface area contributed by atoms with Crippen LogP contribution in [-0.4, -0.2) is 30.4 Å². The van der Waals surface area contributed by atoms with E-state index in [1.165, 1.54) is 18.4 Å². The van der Waals surface area contributed by atoms with Crippen molar-refractivity contribution in [2.24, 2.45) is 0 Å². The number of fused-ring (bicyclic) bond motifs is 1. The molecule has 4 rings (SSSR count). The minimum Gasteiger partial charge on any atom is -0.468 e. The van der Waals surface area contributed by atoms with Crippen molar-refractivity contribution in [3.63, 3.8) is 0 Å². The first-order valence-corrected chi connectivity index (χ1v) is 11.3. The third kappa shape index (κ3) is 5.01. The summed E-state index contributed by atoms with van der Waals surface area (Å²) in [5, 5.41) is 2.84.